The Morgan fingerprint density at radius 3 is 1.14 bits per heavy atom. The number of rotatable bonds is 6. The van der Waals surface area contributed by atoms with E-state index in [1.54, 1.807) is 0 Å². The van der Waals surface area contributed by atoms with Crippen molar-refractivity contribution >= 4 is 109 Å². The average molecular weight is 985 g/mol. The maximum absolute atomic E-state index is 6.65. The van der Waals surface area contributed by atoms with Crippen LogP contribution in [0.4, 0.5) is 0 Å². The van der Waals surface area contributed by atoms with Crippen molar-refractivity contribution in [1.29, 1.82) is 0 Å². The molecular formula is C68H40N8O. The minimum Gasteiger partial charge on any atom is -0.455 e. The van der Waals surface area contributed by atoms with Gasteiger partial charge in [-0.1, -0.05) is 170 Å². The molecule has 0 unspecified atom stereocenters. The minimum absolute atomic E-state index is 0.508. The number of hydrogen-bond donors (Lipinski definition) is 0. The smallest absolute Gasteiger partial charge is 0.241 e. The van der Waals surface area contributed by atoms with Gasteiger partial charge >= 0.3 is 0 Å². The van der Waals surface area contributed by atoms with Gasteiger partial charge in [-0.05, 0) is 72.8 Å². The second kappa shape index (κ2) is 15.9. The number of fused-ring (bicyclic) bond motifs is 15. The highest BCUT2D eigenvalue weighted by Crippen LogP contribution is 2.43. The van der Waals surface area contributed by atoms with Gasteiger partial charge < -0.3 is 8.98 Å². The third-order valence-corrected chi connectivity index (χ3v) is 15.6. The molecule has 0 amide bonds. The summed E-state index contributed by atoms with van der Waals surface area (Å²) in [4.78, 5) is 22.0. The van der Waals surface area contributed by atoms with Crippen LogP contribution < -0.4 is 0 Å². The highest BCUT2D eigenvalue weighted by atomic mass is 16.3. The maximum Gasteiger partial charge on any atom is 0.241 e. The van der Waals surface area contributed by atoms with Crippen molar-refractivity contribution in [1.82, 2.24) is 38.2 Å². The Kier molecular flexibility index (Phi) is 8.65. The van der Waals surface area contributed by atoms with Crippen LogP contribution in [0.2, 0.25) is 0 Å². The zero-order chi connectivity index (χ0) is 50.3. The van der Waals surface area contributed by atoms with Crippen molar-refractivity contribution in [3.8, 4) is 46.0 Å². The molecule has 358 valence electrons. The van der Waals surface area contributed by atoms with Gasteiger partial charge in [-0.25, -0.2) is 4.98 Å². The number of hydrogen-bond acceptors (Lipinski definition) is 5. The first-order chi connectivity index (χ1) is 38.2. The van der Waals surface area contributed by atoms with E-state index < -0.39 is 0 Å². The Morgan fingerprint density at radius 1 is 0.260 bits per heavy atom. The normalized spacial score (nSPS) is 12.2. The van der Waals surface area contributed by atoms with Crippen molar-refractivity contribution in [3.63, 3.8) is 0 Å². The van der Waals surface area contributed by atoms with Crippen LogP contribution in [0.25, 0.3) is 155 Å². The van der Waals surface area contributed by atoms with Gasteiger partial charge in [0.2, 0.25) is 17.8 Å². The SMILES string of the molecule is c1ccc(-c2cc(-n3c4ccccc4c4cc5c(cc43)c3ccccc3n5-c3nc(-n4c5ccccc5c5ccccc54)nc(-n4c5ccccc5c5ccccc54)n3)cc(-c3cccc4c3oc3ccccc34)n2)cc1. The predicted octanol–water partition coefficient (Wildman–Crippen LogP) is 16.9. The van der Waals surface area contributed by atoms with Gasteiger partial charge in [0.15, 0.2) is 0 Å². The standard InChI is InChI=1S/C68H40N8O/c1-2-19-41(20-3-1)54-37-42(38-55(69-54)51-29-18-28-50-49-27-10-17-36-64(49)77-65(50)51)73-56-30-11-8-25-47(56)52-40-63-53(39-62(52)73)48-26-9-16-35-61(48)76(63)68-71-66(74-57-31-12-4-21-43(57)44-22-5-13-32-58(44)74)70-67(72-68)75-59-33-14-6-23-45(59)46-24-7-15-34-60(46)75/h1-40H. The largest absolute Gasteiger partial charge is 0.455 e. The molecule has 10 aromatic carbocycles. The molecule has 0 fully saturated rings. The van der Waals surface area contributed by atoms with Crippen LogP contribution in [0, 0.1) is 0 Å². The fraction of sp³-hybridized carbons (Fsp3) is 0. The van der Waals surface area contributed by atoms with Crippen LogP contribution in [-0.2, 0) is 0 Å². The molecule has 0 N–H and O–H groups in total. The van der Waals surface area contributed by atoms with Gasteiger partial charge in [-0.15, -0.1) is 0 Å². The third kappa shape index (κ3) is 6.04. The summed E-state index contributed by atoms with van der Waals surface area (Å²) < 4.78 is 15.7. The number of para-hydroxylation sites is 8. The van der Waals surface area contributed by atoms with Crippen molar-refractivity contribution in [2.24, 2.45) is 0 Å². The number of pyridine rings is 1. The first kappa shape index (κ1) is 41.8. The van der Waals surface area contributed by atoms with Crippen LogP contribution >= 0.6 is 0 Å². The lowest BCUT2D eigenvalue weighted by molar-refractivity contribution is 0.670. The Hall–Kier alpha value is -10.6. The lowest BCUT2D eigenvalue weighted by atomic mass is 10.0. The van der Waals surface area contributed by atoms with E-state index in [0.717, 1.165) is 137 Å². The molecule has 7 aromatic heterocycles. The molecule has 0 aliphatic heterocycles. The van der Waals surface area contributed by atoms with E-state index in [1.807, 2.05) is 18.2 Å². The molecule has 0 atom stereocenters. The van der Waals surface area contributed by atoms with Gasteiger partial charge in [0.25, 0.3) is 0 Å². The summed E-state index contributed by atoms with van der Waals surface area (Å²) in [6.45, 7) is 0. The Morgan fingerprint density at radius 2 is 0.636 bits per heavy atom. The fourth-order valence-electron chi connectivity index (χ4n) is 12.3. The van der Waals surface area contributed by atoms with E-state index in [2.05, 4.69) is 243 Å². The topological polar surface area (TPSA) is 84.4 Å². The summed E-state index contributed by atoms with van der Waals surface area (Å²) in [6.07, 6.45) is 0. The van der Waals surface area contributed by atoms with Crippen molar-refractivity contribution in [3.05, 3.63) is 243 Å². The summed E-state index contributed by atoms with van der Waals surface area (Å²) in [5.74, 6) is 1.55. The van der Waals surface area contributed by atoms with Crippen LogP contribution in [0.1, 0.15) is 0 Å². The van der Waals surface area contributed by atoms with Gasteiger partial charge in [-0.3, -0.25) is 13.7 Å². The first-order valence-electron chi connectivity index (χ1n) is 25.9. The van der Waals surface area contributed by atoms with Gasteiger partial charge in [0, 0.05) is 65.0 Å². The van der Waals surface area contributed by atoms with Crippen molar-refractivity contribution in [2.75, 3.05) is 0 Å². The molecule has 0 bridgehead atoms. The molecule has 0 radical (unpaired) electrons. The molecule has 0 spiro atoms. The molecule has 17 aromatic rings. The van der Waals surface area contributed by atoms with Gasteiger partial charge in [0.1, 0.15) is 11.2 Å². The number of aromatic nitrogens is 8. The number of nitrogens with zero attached hydrogens (tertiary/aromatic N) is 8. The highest BCUT2D eigenvalue weighted by molar-refractivity contribution is 6.19. The zero-order valence-electron chi connectivity index (χ0n) is 41.1. The minimum atomic E-state index is 0.508. The Balaban J connectivity index is 0.955. The van der Waals surface area contributed by atoms with E-state index in [-0.39, 0.29) is 0 Å². The molecule has 17 rings (SSSR count). The molecule has 7 heterocycles. The molecule has 0 aliphatic rings. The molecular weight excluding hydrogens is 945 g/mol. The molecule has 77 heavy (non-hydrogen) atoms. The predicted molar refractivity (Wildman–Crippen MR) is 313 cm³/mol. The Bertz CT molecular complexity index is 5070. The molecule has 0 aliphatic carbocycles. The summed E-state index contributed by atoms with van der Waals surface area (Å²) in [7, 11) is 0. The lowest BCUT2D eigenvalue weighted by Gasteiger charge is -2.14. The van der Waals surface area contributed by atoms with Crippen LogP contribution in [-0.4, -0.2) is 38.2 Å². The van der Waals surface area contributed by atoms with Crippen molar-refractivity contribution in [2.45, 2.75) is 0 Å². The molecule has 0 saturated carbocycles. The van der Waals surface area contributed by atoms with Crippen LogP contribution in [0.5, 0.6) is 0 Å². The second-order valence-corrected chi connectivity index (χ2v) is 19.8. The average Bonchev–Trinajstić information content (AvgIpc) is 4.35. The summed E-state index contributed by atoms with van der Waals surface area (Å²) in [6, 6.07) is 85.5. The van der Waals surface area contributed by atoms with Gasteiger partial charge in [-0.2, -0.15) is 15.0 Å². The highest BCUT2D eigenvalue weighted by Gasteiger charge is 2.25. The van der Waals surface area contributed by atoms with E-state index in [4.69, 9.17) is 24.4 Å². The van der Waals surface area contributed by atoms with E-state index in [0.29, 0.717) is 17.8 Å². The van der Waals surface area contributed by atoms with E-state index in [9.17, 15) is 0 Å². The summed E-state index contributed by atoms with van der Waals surface area (Å²) >= 11 is 0. The first-order valence-corrected chi connectivity index (χ1v) is 25.9. The van der Waals surface area contributed by atoms with E-state index >= 15 is 0 Å². The molecule has 9 nitrogen and oxygen atoms in total. The molecule has 9 heteroatoms. The van der Waals surface area contributed by atoms with Crippen LogP contribution in [0.15, 0.2) is 247 Å². The van der Waals surface area contributed by atoms with Crippen molar-refractivity contribution < 1.29 is 4.42 Å². The number of furan rings is 1. The summed E-state index contributed by atoms with van der Waals surface area (Å²) in [5, 5.41) is 11.0. The Labute approximate surface area is 438 Å². The van der Waals surface area contributed by atoms with E-state index in [1.165, 1.54) is 0 Å². The third-order valence-electron chi connectivity index (χ3n) is 15.6. The molecule has 0 saturated heterocycles. The second-order valence-electron chi connectivity index (χ2n) is 19.8. The zero-order valence-corrected chi connectivity index (χ0v) is 41.1. The lowest BCUT2D eigenvalue weighted by Crippen LogP contribution is -2.13. The fourth-order valence-corrected chi connectivity index (χ4v) is 12.3. The summed E-state index contributed by atoms with van der Waals surface area (Å²) in [5.41, 5.74) is 14.4. The quantitative estimate of drug-likeness (QED) is 0.166. The monoisotopic (exact) mass is 984 g/mol. The van der Waals surface area contributed by atoms with Gasteiger partial charge in [0.05, 0.1) is 61.2 Å². The number of benzene rings is 10. The van der Waals surface area contributed by atoms with Crippen LogP contribution in [0.3, 0.4) is 0 Å². The maximum atomic E-state index is 6.65.